The van der Waals surface area contributed by atoms with Gasteiger partial charge in [-0.25, -0.2) is 0 Å². The fourth-order valence-corrected chi connectivity index (χ4v) is 3.70. The van der Waals surface area contributed by atoms with Crippen molar-refractivity contribution in [3.63, 3.8) is 0 Å². The van der Waals surface area contributed by atoms with Gasteiger partial charge in [0.15, 0.2) is 5.12 Å². The minimum absolute atomic E-state index is 0.0109. The van der Waals surface area contributed by atoms with Crippen LogP contribution in [-0.2, 0) is 9.59 Å². The van der Waals surface area contributed by atoms with E-state index >= 15 is 0 Å². The maximum Gasteiger partial charge on any atom is 0.307 e. The topological polar surface area (TPSA) is 54.4 Å². The molecule has 0 bridgehead atoms. The lowest BCUT2D eigenvalue weighted by molar-refractivity contribution is -0.146. The number of aliphatic carboxylic acids is 1. The SMILES string of the molecule is CSC(=O)C(C)C(CC(C)C1CCCCC1)C(=O)O. The van der Waals surface area contributed by atoms with Crippen molar-refractivity contribution in [1.29, 1.82) is 0 Å². The first-order valence-corrected chi connectivity index (χ1v) is 8.50. The van der Waals surface area contributed by atoms with Gasteiger partial charge in [0.25, 0.3) is 0 Å². The van der Waals surface area contributed by atoms with Crippen molar-refractivity contribution < 1.29 is 14.7 Å². The summed E-state index contributed by atoms with van der Waals surface area (Å²) in [6, 6.07) is 0. The molecule has 0 aromatic carbocycles. The average Bonchev–Trinajstić information content (AvgIpc) is 2.43. The Morgan fingerprint density at radius 3 is 2.26 bits per heavy atom. The van der Waals surface area contributed by atoms with Gasteiger partial charge in [0, 0.05) is 5.92 Å². The summed E-state index contributed by atoms with van der Waals surface area (Å²) in [6.45, 7) is 3.91. The van der Waals surface area contributed by atoms with Crippen LogP contribution in [0.4, 0.5) is 0 Å². The molecule has 0 radical (unpaired) electrons. The minimum atomic E-state index is -0.822. The Labute approximate surface area is 120 Å². The molecule has 0 saturated heterocycles. The first-order chi connectivity index (χ1) is 8.97. The van der Waals surface area contributed by atoms with Crippen LogP contribution in [0.5, 0.6) is 0 Å². The van der Waals surface area contributed by atoms with Crippen LogP contribution in [-0.4, -0.2) is 22.4 Å². The van der Waals surface area contributed by atoms with Crippen LogP contribution >= 0.6 is 11.8 Å². The molecule has 0 aliphatic heterocycles. The highest BCUT2D eigenvalue weighted by Crippen LogP contribution is 2.35. The van der Waals surface area contributed by atoms with Gasteiger partial charge in [0.1, 0.15) is 0 Å². The molecule has 110 valence electrons. The average molecular weight is 286 g/mol. The predicted octanol–water partition coefficient (Wildman–Crippen LogP) is 3.82. The second kappa shape index (κ2) is 7.93. The van der Waals surface area contributed by atoms with Crippen LogP contribution in [0.3, 0.4) is 0 Å². The molecule has 1 fully saturated rings. The van der Waals surface area contributed by atoms with Crippen molar-refractivity contribution in [1.82, 2.24) is 0 Å². The Bertz CT molecular complexity index is 311. The molecule has 0 spiro atoms. The predicted molar refractivity (Wildman–Crippen MR) is 79.2 cm³/mol. The van der Waals surface area contributed by atoms with Gasteiger partial charge in [-0.05, 0) is 24.5 Å². The van der Waals surface area contributed by atoms with E-state index in [4.69, 9.17) is 0 Å². The summed E-state index contributed by atoms with van der Waals surface area (Å²) in [5.41, 5.74) is 0. The van der Waals surface area contributed by atoms with Crippen molar-refractivity contribution >= 4 is 22.8 Å². The lowest BCUT2D eigenvalue weighted by atomic mass is 9.75. The third-order valence-corrected chi connectivity index (χ3v) is 5.35. The number of carbonyl (C=O) groups is 2. The number of rotatable bonds is 6. The van der Waals surface area contributed by atoms with Gasteiger partial charge in [-0.3, -0.25) is 9.59 Å². The fourth-order valence-electron chi connectivity index (χ4n) is 3.17. The molecule has 3 atom stereocenters. The highest BCUT2D eigenvalue weighted by atomic mass is 32.2. The minimum Gasteiger partial charge on any atom is -0.481 e. The molecule has 4 heteroatoms. The number of thioether (sulfide) groups is 1. The van der Waals surface area contributed by atoms with Crippen molar-refractivity contribution in [2.75, 3.05) is 6.26 Å². The third kappa shape index (κ3) is 4.83. The highest BCUT2D eigenvalue weighted by Gasteiger charge is 2.33. The van der Waals surface area contributed by atoms with Gasteiger partial charge in [-0.1, -0.05) is 57.7 Å². The number of hydrogen-bond donors (Lipinski definition) is 1. The normalized spacial score (nSPS) is 21.6. The number of carboxylic acids is 1. The standard InChI is InChI=1S/C15H26O3S/c1-10(12-7-5-4-6-8-12)9-13(14(16)17)11(2)15(18)19-3/h10-13H,4-9H2,1-3H3,(H,16,17). The van der Waals surface area contributed by atoms with Crippen LogP contribution in [0, 0.1) is 23.7 Å². The fraction of sp³-hybridized carbons (Fsp3) is 0.867. The Morgan fingerprint density at radius 1 is 1.21 bits per heavy atom. The van der Waals surface area contributed by atoms with Crippen molar-refractivity contribution in [2.24, 2.45) is 23.7 Å². The van der Waals surface area contributed by atoms with Gasteiger partial charge in [0.2, 0.25) is 0 Å². The number of hydrogen-bond acceptors (Lipinski definition) is 3. The lowest BCUT2D eigenvalue weighted by Crippen LogP contribution is -2.30. The molecule has 0 aromatic rings. The molecule has 19 heavy (non-hydrogen) atoms. The van der Waals surface area contributed by atoms with E-state index in [1.165, 1.54) is 32.1 Å². The molecule has 3 unspecified atom stereocenters. The molecule has 1 aliphatic carbocycles. The summed E-state index contributed by atoms with van der Waals surface area (Å²) >= 11 is 1.14. The largest absolute Gasteiger partial charge is 0.481 e. The van der Waals surface area contributed by atoms with Crippen molar-refractivity contribution in [2.45, 2.75) is 52.4 Å². The molecule has 0 heterocycles. The van der Waals surface area contributed by atoms with Crippen LogP contribution in [0.2, 0.25) is 0 Å². The van der Waals surface area contributed by atoms with Gasteiger partial charge in [-0.2, -0.15) is 0 Å². The third-order valence-electron chi connectivity index (χ3n) is 4.57. The molecule has 3 nitrogen and oxygen atoms in total. The van der Waals surface area contributed by atoms with E-state index in [2.05, 4.69) is 6.92 Å². The Kier molecular flexibility index (Phi) is 6.90. The van der Waals surface area contributed by atoms with Gasteiger partial charge in [0.05, 0.1) is 5.92 Å². The van der Waals surface area contributed by atoms with Crippen molar-refractivity contribution in [3.8, 4) is 0 Å². The summed E-state index contributed by atoms with van der Waals surface area (Å²) in [5.74, 6) is -0.696. The molecule has 1 aliphatic rings. The van der Waals surface area contributed by atoms with Gasteiger partial charge in [-0.15, -0.1) is 0 Å². The molecular formula is C15H26O3S. The Balaban J connectivity index is 2.61. The second-order valence-electron chi connectivity index (χ2n) is 5.87. The first-order valence-electron chi connectivity index (χ1n) is 7.28. The summed E-state index contributed by atoms with van der Waals surface area (Å²) in [6.07, 6.45) is 8.65. The molecular weight excluding hydrogens is 260 g/mol. The van der Waals surface area contributed by atoms with Gasteiger partial charge < -0.3 is 5.11 Å². The molecule has 0 amide bonds. The maximum atomic E-state index is 11.7. The summed E-state index contributed by atoms with van der Waals surface area (Å²) in [5, 5.41) is 9.36. The van der Waals surface area contributed by atoms with E-state index in [0.717, 1.165) is 11.8 Å². The van der Waals surface area contributed by atoms with Crippen molar-refractivity contribution in [3.05, 3.63) is 0 Å². The smallest absolute Gasteiger partial charge is 0.307 e. The van der Waals surface area contributed by atoms with Gasteiger partial charge >= 0.3 is 5.97 Å². The highest BCUT2D eigenvalue weighted by molar-refractivity contribution is 8.13. The molecule has 0 aromatic heterocycles. The zero-order chi connectivity index (χ0) is 14.4. The van der Waals surface area contributed by atoms with E-state index in [1.807, 2.05) is 0 Å². The quantitative estimate of drug-likeness (QED) is 0.806. The van der Waals surface area contributed by atoms with Crippen LogP contribution in [0.25, 0.3) is 0 Å². The van der Waals surface area contributed by atoms with E-state index in [0.29, 0.717) is 18.3 Å². The van der Waals surface area contributed by atoms with Crippen LogP contribution < -0.4 is 0 Å². The number of carboxylic acid groups (broad SMARTS) is 1. The molecule has 1 saturated carbocycles. The lowest BCUT2D eigenvalue weighted by Gasteiger charge is -2.30. The zero-order valence-corrected chi connectivity index (χ0v) is 13.0. The Hall–Kier alpha value is -0.510. The zero-order valence-electron chi connectivity index (χ0n) is 12.2. The molecule has 1 N–H and O–H groups in total. The second-order valence-corrected chi connectivity index (χ2v) is 6.68. The monoisotopic (exact) mass is 286 g/mol. The van der Waals surface area contributed by atoms with E-state index in [-0.39, 0.29) is 5.12 Å². The summed E-state index contributed by atoms with van der Waals surface area (Å²) < 4.78 is 0. The molecule has 1 rings (SSSR count). The van der Waals surface area contributed by atoms with Crippen LogP contribution in [0.15, 0.2) is 0 Å². The first kappa shape index (κ1) is 16.5. The summed E-state index contributed by atoms with van der Waals surface area (Å²) in [4.78, 5) is 23.1. The maximum absolute atomic E-state index is 11.7. The van der Waals surface area contributed by atoms with E-state index in [1.54, 1.807) is 13.2 Å². The number of carbonyl (C=O) groups excluding carboxylic acids is 1. The summed E-state index contributed by atoms with van der Waals surface area (Å²) in [7, 11) is 0. The van der Waals surface area contributed by atoms with E-state index < -0.39 is 17.8 Å². The Morgan fingerprint density at radius 2 is 1.79 bits per heavy atom. The van der Waals surface area contributed by atoms with Crippen LogP contribution in [0.1, 0.15) is 52.4 Å². The van der Waals surface area contributed by atoms with E-state index in [9.17, 15) is 14.7 Å².